The molecule has 1 aliphatic rings. The highest BCUT2D eigenvalue weighted by Gasteiger charge is 2.32. The SMILES string of the molecule is CC(=O)c1cnc(N2CCN(C(=N)c3cc(C(F)(F)F)ccc3O)CC2)c(Cl)c1. The number of rotatable bonds is 3. The summed E-state index contributed by atoms with van der Waals surface area (Å²) in [5, 5.41) is 18.5. The third-order valence-corrected chi connectivity index (χ3v) is 4.98. The minimum atomic E-state index is -4.56. The Bertz CT molecular complexity index is 957. The molecule has 154 valence electrons. The van der Waals surface area contributed by atoms with Crippen LogP contribution in [0.5, 0.6) is 5.75 Å². The van der Waals surface area contributed by atoms with Crippen molar-refractivity contribution in [1.29, 1.82) is 5.41 Å². The summed E-state index contributed by atoms with van der Waals surface area (Å²) in [6.45, 7) is 2.94. The molecule has 0 unspecified atom stereocenters. The van der Waals surface area contributed by atoms with Crippen LogP contribution in [-0.4, -0.2) is 52.8 Å². The lowest BCUT2D eigenvalue weighted by atomic mass is 10.1. The zero-order chi connectivity index (χ0) is 21.3. The number of nitrogens with zero attached hydrogens (tertiary/aromatic N) is 3. The zero-order valence-electron chi connectivity index (χ0n) is 15.4. The number of carbonyl (C=O) groups excluding carboxylic acids is 1. The Morgan fingerprint density at radius 2 is 1.86 bits per heavy atom. The maximum Gasteiger partial charge on any atom is 0.416 e. The first-order valence-electron chi connectivity index (χ1n) is 8.73. The molecule has 0 bridgehead atoms. The van der Waals surface area contributed by atoms with E-state index < -0.39 is 11.7 Å². The molecule has 0 radical (unpaired) electrons. The molecule has 29 heavy (non-hydrogen) atoms. The summed E-state index contributed by atoms with van der Waals surface area (Å²) in [7, 11) is 0. The van der Waals surface area contributed by atoms with E-state index in [0.717, 1.165) is 18.2 Å². The Labute approximate surface area is 170 Å². The summed E-state index contributed by atoms with van der Waals surface area (Å²) in [6.07, 6.45) is -3.12. The predicted molar refractivity (Wildman–Crippen MR) is 103 cm³/mol. The molecular formula is C19H18ClF3N4O2. The van der Waals surface area contributed by atoms with E-state index in [1.807, 2.05) is 4.90 Å². The van der Waals surface area contributed by atoms with Gasteiger partial charge in [-0.15, -0.1) is 0 Å². The van der Waals surface area contributed by atoms with E-state index >= 15 is 0 Å². The molecule has 10 heteroatoms. The highest BCUT2D eigenvalue weighted by molar-refractivity contribution is 6.33. The molecule has 0 spiro atoms. The minimum Gasteiger partial charge on any atom is -0.507 e. The fourth-order valence-corrected chi connectivity index (χ4v) is 3.36. The first-order valence-corrected chi connectivity index (χ1v) is 9.11. The Morgan fingerprint density at radius 3 is 2.41 bits per heavy atom. The lowest BCUT2D eigenvalue weighted by Gasteiger charge is -2.37. The van der Waals surface area contributed by atoms with Crippen molar-refractivity contribution >= 4 is 29.0 Å². The molecule has 1 aromatic carbocycles. The number of aromatic nitrogens is 1. The average molecular weight is 427 g/mol. The molecule has 1 aliphatic heterocycles. The summed E-state index contributed by atoms with van der Waals surface area (Å²) in [5.74, 6) is -0.205. The van der Waals surface area contributed by atoms with Crippen LogP contribution in [0.1, 0.15) is 28.4 Å². The van der Waals surface area contributed by atoms with E-state index in [1.54, 1.807) is 11.0 Å². The second-order valence-corrected chi connectivity index (χ2v) is 7.05. The lowest BCUT2D eigenvalue weighted by Crippen LogP contribution is -2.49. The van der Waals surface area contributed by atoms with Crippen molar-refractivity contribution in [3.63, 3.8) is 0 Å². The number of ketones is 1. The maximum absolute atomic E-state index is 12.9. The number of nitrogens with one attached hydrogen (secondary N) is 1. The van der Waals surface area contributed by atoms with Crippen molar-refractivity contribution in [3.8, 4) is 5.75 Å². The van der Waals surface area contributed by atoms with Gasteiger partial charge < -0.3 is 14.9 Å². The quantitative estimate of drug-likeness (QED) is 0.443. The Balaban J connectivity index is 1.73. The van der Waals surface area contributed by atoms with E-state index in [0.29, 0.717) is 42.6 Å². The predicted octanol–water partition coefficient (Wildman–Crippen LogP) is 3.81. The van der Waals surface area contributed by atoms with E-state index in [2.05, 4.69) is 4.98 Å². The van der Waals surface area contributed by atoms with Crippen LogP contribution in [0.2, 0.25) is 5.02 Å². The number of anilines is 1. The molecule has 0 aliphatic carbocycles. The van der Waals surface area contributed by atoms with Gasteiger partial charge in [0.1, 0.15) is 17.4 Å². The van der Waals surface area contributed by atoms with Gasteiger partial charge in [-0.3, -0.25) is 10.2 Å². The number of phenolic OH excluding ortho intramolecular Hbond substituents is 1. The number of aromatic hydroxyl groups is 1. The third kappa shape index (κ3) is 4.45. The standard InChI is InChI=1S/C19H18ClF3N4O2/c1-11(28)12-8-15(20)18(25-10-12)27-6-4-26(5-7-27)17(24)14-9-13(19(21,22)23)2-3-16(14)29/h2-3,8-10,24,29H,4-7H2,1H3. The van der Waals surface area contributed by atoms with Gasteiger partial charge in [0.05, 0.1) is 16.1 Å². The molecule has 2 aromatic rings. The first kappa shape index (κ1) is 20.9. The fraction of sp³-hybridized carbons (Fsp3) is 0.316. The smallest absolute Gasteiger partial charge is 0.416 e. The molecule has 0 saturated carbocycles. The molecule has 1 saturated heterocycles. The second-order valence-electron chi connectivity index (χ2n) is 6.64. The summed E-state index contributed by atoms with van der Waals surface area (Å²) >= 11 is 6.23. The van der Waals surface area contributed by atoms with Crippen LogP contribution >= 0.6 is 11.6 Å². The van der Waals surface area contributed by atoms with Crippen LogP contribution in [-0.2, 0) is 6.18 Å². The Kier molecular flexibility index (Phi) is 5.70. The van der Waals surface area contributed by atoms with Crippen molar-refractivity contribution in [2.24, 2.45) is 0 Å². The largest absolute Gasteiger partial charge is 0.507 e. The zero-order valence-corrected chi connectivity index (χ0v) is 16.2. The average Bonchev–Trinajstić information content (AvgIpc) is 2.67. The van der Waals surface area contributed by atoms with Gasteiger partial charge in [0.25, 0.3) is 0 Å². The van der Waals surface area contributed by atoms with E-state index in [9.17, 15) is 23.1 Å². The second kappa shape index (κ2) is 7.90. The topological polar surface area (TPSA) is 80.5 Å². The first-order chi connectivity index (χ1) is 13.6. The molecule has 2 heterocycles. The minimum absolute atomic E-state index is 0.148. The van der Waals surface area contributed by atoms with E-state index in [-0.39, 0.29) is 22.9 Å². The van der Waals surface area contributed by atoms with Gasteiger partial charge in [-0.1, -0.05) is 11.6 Å². The number of carbonyl (C=O) groups is 1. The number of amidine groups is 1. The Hall–Kier alpha value is -2.81. The van der Waals surface area contributed by atoms with Crippen LogP contribution in [0.4, 0.5) is 19.0 Å². The van der Waals surface area contributed by atoms with Crippen molar-refractivity contribution < 1.29 is 23.1 Å². The number of halogens is 4. The van der Waals surface area contributed by atoms with Gasteiger partial charge >= 0.3 is 6.18 Å². The summed E-state index contributed by atoms with van der Waals surface area (Å²) < 4.78 is 38.8. The van der Waals surface area contributed by atoms with Crippen LogP contribution in [0.15, 0.2) is 30.5 Å². The Morgan fingerprint density at radius 1 is 1.21 bits per heavy atom. The molecule has 1 aromatic heterocycles. The number of benzene rings is 1. The van der Waals surface area contributed by atoms with Crippen LogP contribution in [0, 0.1) is 5.41 Å². The van der Waals surface area contributed by atoms with Gasteiger partial charge in [-0.25, -0.2) is 4.98 Å². The van der Waals surface area contributed by atoms with E-state index in [4.69, 9.17) is 17.0 Å². The fourth-order valence-electron chi connectivity index (χ4n) is 3.07. The number of Topliss-reactive ketones (excluding diaryl/α,β-unsaturated/α-hetero) is 1. The lowest BCUT2D eigenvalue weighted by molar-refractivity contribution is -0.137. The van der Waals surface area contributed by atoms with Gasteiger partial charge in [0.2, 0.25) is 0 Å². The molecular weight excluding hydrogens is 409 g/mol. The number of alkyl halides is 3. The van der Waals surface area contributed by atoms with E-state index in [1.165, 1.54) is 13.1 Å². The molecule has 3 rings (SSSR count). The molecule has 0 amide bonds. The summed E-state index contributed by atoms with van der Waals surface area (Å²) in [4.78, 5) is 19.1. The summed E-state index contributed by atoms with van der Waals surface area (Å²) in [5.41, 5.74) is -0.690. The van der Waals surface area contributed by atoms with Crippen LogP contribution < -0.4 is 4.90 Å². The van der Waals surface area contributed by atoms with Crippen LogP contribution in [0.25, 0.3) is 0 Å². The molecule has 0 atom stereocenters. The highest BCUT2D eigenvalue weighted by Crippen LogP contribution is 2.33. The third-order valence-electron chi connectivity index (χ3n) is 4.70. The van der Waals surface area contributed by atoms with Crippen molar-refractivity contribution in [3.05, 3.63) is 52.2 Å². The monoisotopic (exact) mass is 426 g/mol. The summed E-state index contributed by atoms with van der Waals surface area (Å²) in [6, 6.07) is 4.05. The van der Waals surface area contributed by atoms with Crippen molar-refractivity contribution in [2.75, 3.05) is 31.1 Å². The van der Waals surface area contributed by atoms with Gasteiger partial charge in [-0.05, 0) is 31.2 Å². The number of phenols is 1. The number of pyridine rings is 1. The number of hydrogen-bond donors (Lipinski definition) is 2. The van der Waals surface area contributed by atoms with Crippen molar-refractivity contribution in [2.45, 2.75) is 13.1 Å². The van der Waals surface area contributed by atoms with Crippen molar-refractivity contribution in [1.82, 2.24) is 9.88 Å². The highest BCUT2D eigenvalue weighted by atomic mass is 35.5. The number of hydrogen-bond acceptors (Lipinski definition) is 5. The molecule has 6 nitrogen and oxygen atoms in total. The van der Waals surface area contributed by atoms with Crippen LogP contribution in [0.3, 0.4) is 0 Å². The molecule has 2 N–H and O–H groups in total. The normalized spacial score (nSPS) is 14.8. The van der Waals surface area contributed by atoms with Gasteiger partial charge in [-0.2, -0.15) is 13.2 Å². The number of piperazine rings is 1. The van der Waals surface area contributed by atoms with Gasteiger partial charge in [0, 0.05) is 37.9 Å². The maximum atomic E-state index is 12.9. The molecule has 1 fully saturated rings. The van der Waals surface area contributed by atoms with Gasteiger partial charge in [0.15, 0.2) is 5.78 Å².